The Bertz CT molecular complexity index is 1530. The van der Waals surface area contributed by atoms with E-state index < -0.39 is 17.6 Å². The van der Waals surface area contributed by atoms with Crippen LogP contribution in [0, 0.1) is 19.7 Å². The molecule has 2 heterocycles. The van der Waals surface area contributed by atoms with Crippen LogP contribution in [0.15, 0.2) is 42.5 Å². The summed E-state index contributed by atoms with van der Waals surface area (Å²) in [5.74, 6) is -2.19. The van der Waals surface area contributed by atoms with Crippen LogP contribution in [0.5, 0.6) is 0 Å². The van der Waals surface area contributed by atoms with Crippen molar-refractivity contribution >= 4 is 45.8 Å². The van der Waals surface area contributed by atoms with Crippen molar-refractivity contribution in [3.8, 4) is 0 Å². The van der Waals surface area contributed by atoms with Crippen molar-refractivity contribution in [3.63, 3.8) is 0 Å². The molecule has 0 aliphatic rings. The lowest BCUT2D eigenvalue weighted by Gasteiger charge is -2.10. The second-order valence-electron chi connectivity index (χ2n) is 8.12. The van der Waals surface area contributed by atoms with E-state index >= 15 is 0 Å². The van der Waals surface area contributed by atoms with Crippen LogP contribution in [0.1, 0.15) is 55.1 Å². The summed E-state index contributed by atoms with van der Waals surface area (Å²) in [5.41, 5.74) is 8.62. The van der Waals surface area contributed by atoms with Gasteiger partial charge >= 0.3 is 0 Å². The van der Waals surface area contributed by atoms with E-state index in [9.17, 15) is 18.8 Å². The summed E-state index contributed by atoms with van der Waals surface area (Å²) in [6.07, 6.45) is 0. The summed E-state index contributed by atoms with van der Waals surface area (Å²) in [6, 6.07) is 10.8. The van der Waals surface area contributed by atoms with Crippen LogP contribution < -0.4 is 11.1 Å². The number of nitrogens with one attached hydrogen (secondary N) is 1. The standard InChI is InChI=1S/C25H21ClFN5O3/c1-12-23(13(2)32(31-12)11-15-5-4-6-16(7-15)14(3)33)30-25(35)22-9-18(24(28)34)17-8-19(26)20(27)10-21(17)29-22/h4-10H,11H2,1-3H3,(H2,28,34)(H,30,35). The number of carbonyl (C=O) groups excluding carboxylic acids is 3. The Morgan fingerprint density at radius 2 is 1.89 bits per heavy atom. The number of fused-ring (bicyclic) bond motifs is 1. The molecule has 2 aromatic heterocycles. The highest BCUT2D eigenvalue weighted by molar-refractivity contribution is 6.31. The molecular weight excluding hydrogens is 473 g/mol. The molecule has 35 heavy (non-hydrogen) atoms. The quantitative estimate of drug-likeness (QED) is 0.385. The number of primary amides is 1. The second-order valence-corrected chi connectivity index (χ2v) is 8.52. The van der Waals surface area contributed by atoms with Crippen LogP contribution >= 0.6 is 11.6 Å². The SMILES string of the molecule is CC(=O)c1cccc(Cn2nc(C)c(NC(=O)c3cc(C(N)=O)c4cc(Cl)c(F)cc4n3)c2C)c1. The Morgan fingerprint density at radius 1 is 1.14 bits per heavy atom. The van der Waals surface area contributed by atoms with Crippen LogP contribution in [-0.4, -0.2) is 32.4 Å². The normalized spacial score (nSPS) is 11.0. The first-order valence-electron chi connectivity index (χ1n) is 10.6. The number of nitrogens with two attached hydrogens (primary N) is 1. The van der Waals surface area contributed by atoms with E-state index in [2.05, 4.69) is 15.4 Å². The molecule has 0 atom stereocenters. The number of nitrogens with zero attached hydrogens (tertiary/aromatic N) is 3. The zero-order chi connectivity index (χ0) is 25.4. The van der Waals surface area contributed by atoms with E-state index in [1.54, 1.807) is 36.7 Å². The number of aryl methyl sites for hydroxylation is 1. The van der Waals surface area contributed by atoms with Crippen LogP contribution in [-0.2, 0) is 6.54 Å². The summed E-state index contributed by atoms with van der Waals surface area (Å²) in [6.45, 7) is 5.43. The number of aromatic nitrogens is 3. The topological polar surface area (TPSA) is 120 Å². The number of ketones is 1. The van der Waals surface area contributed by atoms with E-state index in [0.29, 0.717) is 29.2 Å². The lowest BCUT2D eigenvalue weighted by Crippen LogP contribution is -2.18. The Balaban J connectivity index is 1.66. The molecule has 0 bridgehead atoms. The lowest BCUT2D eigenvalue weighted by atomic mass is 10.1. The third-order valence-corrected chi connectivity index (χ3v) is 5.92. The number of carbonyl (C=O) groups is 3. The average Bonchev–Trinajstić information content (AvgIpc) is 3.06. The lowest BCUT2D eigenvalue weighted by molar-refractivity contribution is 0.0997. The van der Waals surface area contributed by atoms with Crippen molar-refractivity contribution in [2.24, 2.45) is 5.73 Å². The molecule has 0 saturated carbocycles. The molecule has 2 amide bonds. The third kappa shape index (κ3) is 4.76. The van der Waals surface area contributed by atoms with E-state index in [1.165, 1.54) is 19.1 Å². The highest BCUT2D eigenvalue weighted by atomic mass is 35.5. The van der Waals surface area contributed by atoms with Crippen molar-refractivity contribution in [2.45, 2.75) is 27.3 Å². The number of hydrogen-bond acceptors (Lipinski definition) is 5. The first-order chi connectivity index (χ1) is 16.5. The van der Waals surface area contributed by atoms with Crippen LogP contribution in [0.3, 0.4) is 0 Å². The van der Waals surface area contributed by atoms with Crippen molar-refractivity contribution in [3.05, 3.63) is 87.1 Å². The average molecular weight is 494 g/mol. The minimum atomic E-state index is -0.804. The fraction of sp³-hybridized carbons (Fsp3) is 0.160. The smallest absolute Gasteiger partial charge is 0.274 e. The molecule has 0 saturated heterocycles. The predicted octanol–water partition coefficient (Wildman–Crippen LogP) is 4.44. The van der Waals surface area contributed by atoms with Gasteiger partial charge in [-0.3, -0.25) is 19.1 Å². The van der Waals surface area contributed by atoms with Gasteiger partial charge < -0.3 is 11.1 Å². The van der Waals surface area contributed by atoms with E-state index in [4.69, 9.17) is 17.3 Å². The predicted molar refractivity (Wildman–Crippen MR) is 130 cm³/mol. The van der Waals surface area contributed by atoms with Gasteiger partial charge in [0.05, 0.1) is 39.7 Å². The number of amides is 2. The molecule has 0 radical (unpaired) electrons. The molecule has 4 rings (SSSR count). The molecule has 0 aliphatic heterocycles. The molecule has 3 N–H and O–H groups in total. The van der Waals surface area contributed by atoms with Crippen molar-refractivity contribution in [1.82, 2.24) is 14.8 Å². The maximum atomic E-state index is 14.0. The second kappa shape index (κ2) is 9.27. The van der Waals surface area contributed by atoms with Gasteiger partial charge in [-0.05, 0) is 44.5 Å². The minimum absolute atomic E-state index is 0.00320. The molecule has 0 unspecified atom stereocenters. The van der Waals surface area contributed by atoms with Gasteiger partial charge in [-0.1, -0.05) is 29.8 Å². The summed E-state index contributed by atoms with van der Waals surface area (Å²) in [7, 11) is 0. The van der Waals surface area contributed by atoms with Crippen LogP contribution in [0.4, 0.5) is 10.1 Å². The Hall–Kier alpha value is -4.11. The first kappa shape index (κ1) is 24.0. The maximum absolute atomic E-state index is 14.0. The summed E-state index contributed by atoms with van der Waals surface area (Å²) >= 11 is 5.83. The molecule has 0 aliphatic carbocycles. The number of Topliss-reactive ketones (excluding diaryl/α,β-unsaturated/α-hetero) is 1. The van der Waals surface area contributed by atoms with Crippen LogP contribution in [0.2, 0.25) is 5.02 Å². The number of benzene rings is 2. The van der Waals surface area contributed by atoms with Gasteiger partial charge in [0.25, 0.3) is 5.91 Å². The number of pyridine rings is 1. The first-order valence-corrected chi connectivity index (χ1v) is 11.0. The van der Waals surface area contributed by atoms with Gasteiger partial charge in [0.15, 0.2) is 5.78 Å². The molecule has 0 fully saturated rings. The Morgan fingerprint density at radius 3 is 2.57 bits per heavy atom. The number of hydrogen-bond donors (Lipinski definition) is 2. The molecule has 0 spiro atoms. The highest BCUT2D eigenvalue weighted by Gasteiger charge is 2.20. The van der Waals surface area contributed by atoms with E-state index in [-0.39, 0.29) is 33.0 Å². The van der Waals surface area contributed by atoms with Crippen molar-refractivity contribution in [2.75, 3.05) is 5.32 Å². The van der Waals surface area contributed by atoms with Crippen molar-refractivity contribution < 1.29 is 18.8 Å². The highest BCUT2D eigenvalue weighted by Crippen LogP contribution is 2.26. The van der Waals surface area contributed by atoms with E-state index in [1.807, 2.05) is 6.07 Å². The fourth-order valence-corrected chi connectivity index (χ4v) is 3.98. The fourth-order valence-electron chi connectivity index (χ4n) is 3.81. The van der Waals surface area contributed by atoms with Crippen LogP contribution in [0.25, 0.3) is 10.9 Å². The molecule has 4 aromatic rings. The van der Waals surface area contributed by atoms with Crippen molar-refractivity contribution in [1.29, 1.82) is 0 Å². The van der Waals surface area contributed by atoms with Gasteiger partial charge in [-0.15, -0.1) is 0 Å². The minimum Gasteiger partial charge on any atom is -0.366 e. The third-order valence-electron chi connectivity index (χ3n) is 5.63. The Kier molecular flexibility index (Phi) is 6.36. The largest absolute Gasteiger partial charge is 0.366 e. The zero-order valence-electron chi connectivity index (χ0n) is 19.1. The van der Waals surface area contributed by atoms with Gasteiger partial charge in [0.2, 0.25) is 5.91 Å². The van der Waals surface area contributed by atoms with Gasteiger partial charge in [0.1, 0.15) is 11.5 Å². The maximum Gasteiger partial charge on any atom is 0.274 e. The zero-order valence-corrected chi connectivity index (χ0v) is 19.9. The summed E-state index contributed by atoms with van der Waals surface area (Å²) in [4.78, 5) is 40.9. The number of anilines is 1. The summed E-state index contributed by atoms with van der Waals surface area (Å²) in [5, 5.41) is 7.33. The molecule has 2 aromatic carbocycles. The molecule has 178 valence electrons. The number of halogens is 2. The summed E-state index contributed by atoms with van der Waals surface area (Å²) < 4.78 is 15.7. The van der Waals surface area contributed by atoms with Gasteiger partial charge in [-0.2, -0.15) is 5.10 Å². The molecule has 10 heteroatoms. The van der Waals surface area contributed by atoms with Gasteiger partial charge in [0, 0.05) is 17.0 Å². The Labute approximate surface area is 204 Å². The van der Waals surface area contributed by atoms with E-state index in [0.717, 1.165) is 11.6 Å². The van der Waals surface area contributed by atoms with Gasteiger partial charge in [-0.25, -0.2) is 9.37 Å². The molecular formula is C25H21ClFN5O3. The monoisotopic (exact) mass is 493 g/mol. The number of rotatable bonds is 6. The molecule has 8 nitrogen and oxygen atoms in total.